The summed E-state index contributed by atoms with van der Waals surface area (Å²) < 4.78 is 35.7. The predicted octanol–water partition coefficient (Wildman–Crippen LogP) is 2.75. The van der Waals surface area contributed by atoms with Crippen LogP contribution in [0.15, 0.2) is 29.3 Å². The van der Waals surface area contributed by atoms with Crippen molar-refractivity contribution in [1.82, 2.24) is 15.2 Å². The number of rotatable bonds is 7. The minimum atomic E-state index is -3.58. The van der Waals surface area contributed by atoms with E-state index in [1.807, 2.05) is 13.8 Å². The molecule has 0 saturated heterocycles. The van der Waals surface area contributed by atoms with Gasteiger partial charge in [0.2, 0.25) is 0 Å². The Bertz CT molecular complexity index is 1080. The van der Waals surface area contributed by atoms with Gasteiger partial charge in [0, 0.05) is 36.0 Å². The Morgan fingerprint density at radius 2 is 2.00 bits per heavy atom. The topological polar surface area (TPSA) is 106 Å². The molecule has 2 aromatic heterocycles. The first-order valence-corrected chi connectivity index (χ1v) is 9.99. The summed E-state index contributed by atoms with van der Waals surface area (Å²) in [6.45, 7) is 3.99. The lowest BCUT2D eigenvalue weighted by atomic mass is 10.1. The molecule has 0 spiro atoms. The highest BCUT2D eigenvalue weighted by atomic mass is 32.2. The van der Waals surface area contributed by atoms with Crippen LogP contribution in [0.1, 0.15) is 11.3 Å². The lowest BCUT2D eigenvalue weighted by molar-refractivity contribution is 0.217. The standard InChI is InChI=1S/C18H22N4O4S/c1-11-12(2)21-22-18(11)20-14-5-6-19-15-10-16(26-4)17(9-13(14)15)27(23,24)8-7-25-3/h5-6,9-10H,7-8H2,1-4H3,(H2,19,20,21,22). The van der Waals surface area contributed by atoms with E-state index in [9.17, 15) is 8.42 Å². The van der Waals surface area contributed by atoms with Gasteiger partial charge in [0.05, 0.1) is 30.7 Å². The summed E-state index contributed by atoms with van der Waals surface area (Å²) in [5.74, 6) is 0.807. The van der Waals surface area contributed by atoms with Crippen molar-refractivity contribution in [1.29, 1.82) is 0 Å². The van der Waals surface area contributed by atoms with Crippen LogP contribution in [-0.2, 0) is 14.6 Å². The third kappa shape index (κ3) is 3.74. The van der Waals surface area contributed by atoms with Crippen LogP contribution in [-0.4, -0.2) is 50.2 Å². The summed E-state index contributed by atoms with van der Waals surface area (Å²) in [7, 11) is -0.673. The van der Waals surface area contributed by atoms with Crippen molar-refractivity contribution < 1.29 is 17.9 Å². The van der Waals surface area contributed by atoms with Gasteiger partial charge in [0.1, 0.15) is 10.6 Å². The van der Waals surface area contributed by atoms with Gasteiger partial charge in [-0.05, 0) is 26.0 Å². The number of hydrogen-bond donors (Lipinski definition) is 2. The van der Waals surface area contributed by atoms with Crippen LogP contribution in [0.3, 0.4) is 0 Å². The lowest BCUT2D eigenvalue weighted by Crippen LogP contribution is -2.13. The van der Waals surface area contributed by atoms with E-state index in [-0.39, 0.29) is 23.0 Å². The Kier molecular flexibility index (Phi) is 5.33. The lowest BCUT2D eigenvalue weighted by Gasteiger charge is -2.13. The molecule has 0 saturated carbocycles. The average Bonchev–Trinajstić information content (AvgIpc) is 2.97. The molecule has 9 heteroatoms. The highest BCUT2D eigenvalue weighted by molar-refractivity contribution is 7.91. The molecule has 0 fully saturated rings. The number of ether oxygens (including phenoxy) is 2. The van der Waals surface area contributed by atoms with Gasteiger partial charge >= 0.3 is 0 Å². The molecule has 0 radical (unpaired) electrons. The maximum absolute atomic E-state index is 12.7. The van der Waals surface area contributed by atoms with Gasteiger partial charge in [-0.1, -0.05) is 0 Å². The quantitative estimate of drug-likeness (QED) is 0.639. The summed E-state index contributed by atoms with van der Waals surface area (Å²) in [5, 5.41) is 11.1. The molecule has 144 valence electrons. The zero-order valence-corrected chi connectivity index (χ0v) is 16.5. The fourth-order valence-electron chi connectivity index (χ4n) is 2.70. The molecule has 27 heavy (non-hydrogen) atoms. The summed E-state index contributed by atoms with van der Waals surface area (Å²) in [6, 6.07) is 5.00. The van der Waals surface area contributed by atoms with E-state index in [1.54, 1.807) is 24.4 Å². The van der Waals surface area contributed by atoms with Crippen molar-refractivity contribution in [2.24, 2.45) is 0 Å². The number of fused-ring (bicyclic) bond motifs is 1. The van der Waals surface area contributed by atoms with Crippen molar-refractivity contribution in [3.8, 4) is 5.75 Å². The van der Waals surface area contributed by atoms with Gasteiger partial charge in [-0.3, -0.25) is 10.1 Å². The number of H-pyrrole nitrogens is 1. The number of nitrogens with one attached hydrogen (secondary N) is 2. The number of methoxy groups -OCH3 is 2. The van der Waals surface area contributed by atoms with Crippen LogP contribution in [0.4, 0.5) is 11.5 Å². The second kappa shape index (κ2) is 7.53. The van der Waals surface area contributed by atoms with Gasteiger partial charge in [-0.2, -0.15) is 5.10 Å². The molecular formula is C18H22N4O4S. The summed E-state index contributed by atoms with van der Waals surface area (Å²) in [5.41, 5.74) is 3.27. The van der Waals surface area contributed by atoms with Crippen LogP contribution in [0, 0.1) is 13.8 Å². The first-order chi connectivity index (χ1) is 12.9. The highest BCUT2D eigenvalue weighted by Gasteiger charge is 2.22. The molecule has 2 N–H and O–H groups in total. The zero-order valence-electron chi connectivity index (χ0n) is 15.7. The molecule has 8 nitrogen and oxygen atoms in total. The summed E-state index contributed by atoms with van der Waals surface area (Å²) >= 11 is 0. The molecule has 0 aliphatic carbocycles. The summed E-state index contributed by atoms with van der Waals surface area (Å²) in [4.78, 5) is 4.45. The maximum Gasteiger partial charge on any atom is 0.184 e. The van der Waals surface area contributed by atoms with Crippen molar-refractivity contribution in [2.75, 3.05) is 31.9 Å². The molecule has 0 atom stereocenters. The molecule has 3 aromatic rings. The van der Waals surface area contributed by atoms with Gasteiger partial charge in [0.15, 0.2) is 15.7 Å². The summed E-state index contributed by atoms with van der Waals surface area (Å²) in [6.07, 6.45) is 1.65. The van der Waals surface area contributed by atoms with E-state index in [2.05, 4.69) is 20.5 Å². The first kappa shape index (κ1) is 19.1. The van der Waals surface area contributed by atoms with E-state index in [4.69, 9.17) is 9.47 Å². The van der Waals surface area contributed by atoms with Gasteiger partial charge < -0.3 is 14.8 Å². The maximum atomic E-state index is 12.7. The Balaban J connectivity index is 2.14. The predicted molar refractivity (Wildman–Crippen MR) is 104 cm³/mol. The highest BCUT2D eigenvalue weighted by Crippen LogP contribution is 2.34. The smallest absolute Gasteiger partial charge is 0.184 e. The van der Waals surface area contributed by atoms with Crippen LogP contribution in [0.5, 0.6) is 5.75 Å². The second-order valence-corrected chi connectivity index (χ2v) is 8.22. The van der Waals surface area contributed by atoms with E-state index in [0.29, 0.717) is 22.4 Å². The molecule has 1 aromatic carbocycles. The minimum Gasteiger partial charge on any atom is -0.495 e. The van der Waals surface area contributed by atoms with Gasteiger partial charge in [0.25, 0.3) is 0 Å². The number of aryl methyl sites for hydroxylation is 1. The Labute approximate surface area is 157 Å². The largest absolute Gasteiger partial charge is 0.495 e. The number of aromatic amines is 1. The molecule has 2 heterocycles. The normalized spacial score (nSPS) is 11.7. The molecule has 0 amide bonds. The van der Waals surface area contributed by atoms with Crippen molar-refractivity contribution in [3.05, 3.63) is 35.7 Å². The van der Waals surface area contributed by atoms with E-state index < -0.39 is 9.84 Å². The SMILES string of the molecule is COCCS(=O)(=O)c1cc2c(Nc3n[nH]c(C)c3C)ccnc2cc1OC. The van der Waals surface area contributed by atoms with Gasteiger partial charge in [-0.25, -0.2) is 8.42 Å². The Morgan fingerprint density at radius 1 is 1.22 bits per heavy atom. The van der Waals surface area contributed by atoms with Crippen LogP contribution in [0.25, 0.3) is 10.9 Å². The van der Waals surface area contributed by atoms with Crippen molar-refractivity contribution in [3.63, 3.8) is 0 Å². The monoisotopic (exact) mass is 390 g/mol. The minimum absolute atomic E-state index is 0.105. The Morgan fingerprint density at radius 3 is 2.63 bits per heavy atom. The van der Waals surface area contributed by atoms with Crippen molar-refractivity contribution >= 4 is 32.2 Å². The average molecular weight is 390 g/mol. The number of aromatic nitrogens is 3. The van der Waals surface area contributed by atoms with Gasteiger partial charge in [-0.15, -0.1) is 0 Å². The zero-order chi connectivity index (χ0) is 19.6. The third-order valence-electron chi connectivity index (χ3n) is 4.42. The molecular weight excluding hydrogens is 368 g/mol. The number of anilines is 2. The number of nitrogens with zero attached hydrogens (tertiary/aromatic N) is 2. The molecule has 0 aliphatic heterocycles. The van der Waals surface area contributed by atoms with Crippen molar-refractivity contribution in [2.45, 2.75) is 18.7 Å². The number of pyridine rings is 1. The van der Waals surface area contributed by atoms with E-state index in [0.717, 1.165) is 11.3 Å². The second-order valence-electron chi connectivity index (χ2n) is 6.14. The van der Waals surface area contributed by atoms with Crippen LogP contribution in [0.2, 0.25) is 0 Å². The molecule has 3 rings (SSSR count). The number of sulfone groups is 1. The van der Waals surface area contributed by atoms with E-state index >= 15 is 0 Å². The third-order valence-corrected chi connectivity index (χ3v) is 6.12. The van der Waals surface area contributed by atoms with Crippen LogP contribution < -0.4 is 10.1 Å². The Hall–Kier alpha value is -2.65. The van der Waals surface area contributed by atoms with Crippen LogP contribution >= 0.6 is 0 Å². The number of benzene rings is 1. The van der Waals surface area contributed by atoms with E-state index in [1.165, 1.54) is 14.2 Å². The molecule has 0 aliphatic rings. The molecule has 0 bridgehead atoms. The molecule has 0 unspecified atom stereocenters. The first-order valence-electron chi connectivity index (χ1n) is 8.34. The fourth-order valence-corrected chi connectivity index (χ4v) is 4.05. The fraction of sp³-hybridized carbons (Fsp3) is 0.333. The number of hydrogen-bond acceptors (Lipinski definition) is 7.